The van der Waals surface area contributed by atoms with Gasteiger partial charge in [0, 0.05) is 45.8 Å². The van der Waals surface area contributed by atoms with Gasteiger partial charge in [-0.25, -0.2) is 0 Å². The number of nitrogens with zero attached hydrogens (tertiary/aromatic N) is 4. The van der Waals surface area contributed by atoms with Gasteiger partial charge in [-0.15, -0.1) is 5.10 Å². The fourth-order valence-corrected chi connectivity index (χ4v) is 2.94. The van der Waals surface area contributed by atoms with Crippen molar-refractivity contribution in [2.24, 2.45) is 0 Å². The highest BCUT2D eigenvalue weighted by molar-refractivity contribution is 5.24. The molecule has 3 rings (SSSR count). The molecule has 1 atom stereocenters. The third kappa shape index (κ3) is 4.18. The van der Waals surface area contributed by atoms with E-state index in [4.69, 9.17) is 13.9 Å². The average molecular weight is 310 g/mol. The third-order valence-corrected chi connectivity index (χ3v) is 4.11. The fourth-order valence-electron chi connectivity index (χ4n) is 2.94. The number of anilines is 1. The number of morpholine rings is 1. The SMILES string of the molecule is CCCc1nnc(N2CCCOC(CN3CCOCC3)C2)o1. The zero-order chi connectivity index (χ0) is 15.2. The lowest BCUT2D eigenvalue weighted by Crippen LogP contribution is -2.45. The Kier molecular flexibility index (Phi) is 5.64. The van der Waals surface area contributed by atoms with E-state index >= 15 is 0 Å². The Morgan fingerprint density at radius 1 is 1.14 bits per heavy atom. The summed E-state index contributed by atoms with van der Waals surface area (Å²) in [6, 6.07) is 0.640. The van der Waals surface area contributed by atoms with Gasteiger partial charge in [0.15, 0.2) is 0 Å². The minimum absolute atomic E-state index is 0.183. The lowest BCUT2D eigenvalue weighted by atomic mass is 10.3. The maximum atomic E-state index is 6.00. The lowest BCUT2D eigenvalue weighted by Gasteiger charge is -2.31. The van der Waals surface area contributed by atoms with Gasteiger partial charge in [0.2, 0.25) is 5.89 Å². The number of rotatable bonds is 5. The lowest BCUT2D eigenvalue weighted by molar-refractivity contribution is -0.00519. The van der Waals surface area contributed by atoms with E-state index in [1.54, 1.807) is 0 Å². The maximum Gasteiger partial charge on any atom is 0.318 e. The quantitative estimate of drug-likeness (QED) is 0.802. The second kappa shape index (κ2) is 7.89. The molecule has 7 nitrogen and oxygen atoms in total. The van der Waals surface area contributed by atoms with E-state index in [1.165, 1.54) is 0 Å². The average Bonchev–Trinajstić information content (AvgIpc) is 2.88. The molecule has 22 heavy (non-hydrogen) atoms. The van der Waals surface area contributed by atoms with Crippen molar-refractivity contribution in [1.82, 2.24) is 15.1 Å². The molecule has 0 saturated carbocycles. The smallest absolute Gasteiger partial charge is 0.318 e. The minimum atomic E-state index is 0.183. The predicted molar refractivity (Wildman–Crippen MR) is 82.1 cm³/mol. The van der Waals surface area contributed by atoms with Gasteiger partial charge in [-0.05, 0) is 12.8 Å². The van der Waals surface area contributed by atoms with Crippen molar-refractivity contribution in [3.8, 4) is 0 Å². The Hall–Kier alpha value is -1.18. The molecule has 2 saturated heterocycles. The van der Waals surface area contributed by atoms with E-state index in [-0.39, 0.29) is 6.10 Å². The number of hydrogen-bond acceptors (Lipinski definition) is 7. The van der Waals surface area contributed by atoms with Crippen LogP contribution in [-0.2, 0) is 15.9 Å². The molecular weight excluding hydrogens is 284 g/mol. The first-order valence-corrected chi connectivity index (χ1v) is 8.34. The van der Waals surface area contributed by atoms with Crippen molar-refractivity contribution >= 4 is 6.01 Å². The summed E-state index contributed by atoms with van der Waals surface area (Å²) in [5, 5.41) is 8.33. The normalized spacial score (nSPS) is 24.4. The van der Waals surface area contributed by atoms with Crippen LogP contribution in [0.15, 0.2) is 4.42 Å². The Bertz CT molecular complexity index is 448. The van der Waals surface area contributed by atoms with E-state index in [0.29, 0.717) is 6.01 Å². The molecule has 0 spiro atoms. The Labute approximate surface area is 131 Å². The summed E-state index contributed by atoms with van der Waals surface area (Å²) in [6.07, 6.45) is 3.03. The van der Waals surface area contributed by atoms with Crippen LogP contribution >= 0.6 is 0 Å². The molecule has 0 aromatic carbocycles. The molecule has 124 valence electrons. The van der Waals surface area contributed by atoms with Crippen molar-refractivity contribution in [2.45, 2.75) is 32.3 Å². The van der Waals surface area contributed by atoms with Gasteiger partial charge in [0.1, 0.15) is 0 Å². The van der Waals surface area contributed by atoms with E-state index in [0.717, 1.165) is 77.7 Å². The third-order valence-electron chi connectivity index (χ3n) is 4.11. The molecule has 0 amide bonds. The molecule has 0 N–H and O–H groups in total. The molecular formula is C15H26N4O3. The summed E-state index contributed by atoms with van der Waals surface area (Å²) in [7, 11) is 0. The molecule has 1 aromatic rings. The first kappa shape index (κ1) is 15.7. The molecule has 3 heterocycles. The number of aromatic nitrogens is 2. The molecule has 1 aromatic heterocycles. The van der Waals surface area contributed by atoms with Gasteiger partial charge in [0.25, 0.3) is 0 Å². The zero-order valence-electron chi connectivity index (χ0n) is 13.4. The summed E-state index contributed by atoms with van der Waals surface area (Å²) < 4.78 is 17.2. The van der Waals surface area contributed by atoms with Gasteiger partial charge in [-0.2, -0.15) is 0 Å². The molecule has 7 heteroatoms. The maximum absolute atomic E-state index is 6.00. The van der Waals surface area contributed by atoms with Crippen molar-refractivity contribution < 1.29 is 13.9 Å². The number of hydrogen-bond donors (Lipinski definition) is 0. The van der Waals surface area contributed by atoms with Crippen LogP contribution in [0.4, 0.5) is 6.01 Å². The molecule has 0 aliphatic carbocycles. The van der Waals surface area contributed by atoms with E-state index in [1.807, 2.05) is 0 Å². The van der Waals surface area contributed by atoms with Crippen molar-refractivity contribution in [3.05, 3.63) is 5.89 Å². The first-order chi connectivity index (χ1) is 10.8. The summed E-state index contributed by atoms with van der Waals surface area (Å²) in [4.78, 5) is 4.58. The van der Waals surface area contributed by atoms with Crippen LogP contribution in [0, 0.1) is 0 Å². The highest BCUT2D eigenvalue weighted by Crippen LogP contribution is 2.17. The second-order valence-corrected chi connectivity index (χ2v) is 5.93. The molecule has 1 unspecified atom stereocenters. The first-order valence-electron chi connectivity index (χ1n) is 8.34. The van der Waals surface area contributed by atoms with Gasteiger partial charge in [-0.3, -0.25) is 4.90 Å². The van der Waals surface area contributed by atoms with Crippen LogP contribution in [0.1, 0.15) is 25.7 Å². The standard InChI is InChI=1S/C15H26N4O3/c1-2-4-14-16-17-15(22-14)19-5-3-8-21-13(12-19)11-18-6-9-20-10-7-18/h13H,2-12H2,1H3. The summed E-state index contributed by atoms with van der Waals surface area (Å²) in [5.41, 5.74) is 0. The van der Waals surface area contributed by atoms with Crippen LogP contribution in [-0.4, -0.2) is 73.7 Å². The van der Waals surface area contributed by atoms with Crippen LogP contribution in [0.5, 0.6) is 0 Å². The molecule has 2 aliphatic heterocycles. The summed E-state index contributed by atoms with van der Waals surface area (Å²) in [5.74, 6) is 0.729. The zero-order valence-corrected chi connectivity index (χ0v) is 13.4. The molecule has 0 radical (unpaired) electrons. The highest BCUT2D eigenvalue weighted by Gasteiger charge is 2.25. The number of aryl methyl sites for hydroxylation is 1. The Morgan fingerprint density at radius 2 is 2.00 bits per heavy atom. The second-order valence-electron chi connectivity index (χ2n) is 5.93. The molecule has 0 bridgehead atoms. The molecule has 2 fully saturated rings. The fraction of sp³-hybridized carbons (Fsp3) is 0.867. The van der Waals surface area contributed by atoms with Crippen molar-refractivity contribution in [2.75, 3.05) is 57.4 Å². The van der Waals surface area contributed by atoms with Crippen LogP contribution < -0.4 is 4.90 Å². The van der Waals surface area contributed by atoms with Gasteiger partial charge in [-0.1, -0.05) is 12.0 Å². The highest BCUT2D eigenvalue weighted by atomic mass is 16.5. The minimum Gasteiger partial charge on any atom is -0.408 e. The summed E-state index contributed by atoms with van der Waals surface area (Å²) in [6.45, 7) is 9.18. The Morgan fingerprint density at radius 3 is 2.82 bits per heavy atom. The van der Waals surface area contributed by atoms with Crippen LogP contribution in [0.2, 0.25) is 0 Å². The predicted octanol–water partition coefficient (Wildman–Crippen LogP) is 0.950. The monoisotopic (exact) mass is 310 g/mol. The topological polar surface area (TPSA) is 63.9 Å². The number of ether oxygens (including phenoxy) is 2. The van der Waals surface area contributed by atoms with E-state index in [9.17, 15) is 0 Å². The van der Waals surface area contributed by atoms with Gasteiger partial charge < -0.3 is 18.8 Å². The van der Waals surface area contributed by atoms with E-state index in [2.05, 4.69) is 26.9 Å². The summed E-state index contributed by atoms with van der Waals surface area (Å²) >= 11 is 0. The Balaban J connectivity index is 1.58. The van der Waals surface area contributed by atoms with Crippen LogP contribution in [0.25, 0.3) is 0 Å². The van der Waals surface area contributed by atoms with Gasteiger partial charge >= 0.3 is 6.01 Å². The van der Waals surface area contributed by atoms with Crippen LogP contribution in [0.3, 0.4) is 0 Å². The van der Waals surface area contributed by atoms with Crippen molar-refractivity contribution in [1.29, 1.82) is 0 Å². The largest absolute Gasteiger partial charge is 0.408 e. The molecule has 2 aliphatic rings. The van der Waals surface area contributed by atoms with E-state index < -0.39 is 0 Å². The van der Waals surface area contributed by atoms with Gasteiger partial charge in [0.05, 0.1) is 19.3 Å². The van der Waals surface area contributed by atoms with Crippen molar-refractivity contribution in [3.63, 3.8) is 0 Å².